The minimum absolute atomic E-state index is 0.122. The molecule has 1 N–H and O–H groups in total. The maximum absolute atomic E-state index is 14.1. The van der Waals surface area contributed by atoms with Gasteiger partial charge in [-0.05, 0) is 42.5 Å². The summed E-state index contributed by atoms with van der Waals surface area (Å²) in [5.74, 6) is -0.464. The van der Waals surface area contributed by atoms with Crippen LogP contribution in [0.5, 0.6) is 0 Å². The van der Waals surface area contributed by atoms with Crippen molar-refractivity contribution < 1.29 is 9.18 Å². The molecule has 2 aromatic carbocycles. The van der Waals surface area contributed by atoms with Gasteiger partial charge in [0.05, 0.1) is 22.5 Å². The minimum Gasteiger partial charge on any atom is -0.322 e. The first-order valence-corrected chi connectivity index (χ1v) is 8.51. The lowest BCUT2D eigenvalue weighted by molar-refractivity contribution is 0.102. The third-order valence-electron chi connectivity index (χ3n) is 4.39. The van der Waals surface area contributed by atoms with Gasteiger partial charge in [-0.2, -0.15) is 0 Å². The van der Waals surface area contributed by atoms with Crippen LogP contribution in [0.15, 0.2) is 36.4 Å². The molecule has 9 heteroatoms. The number of carbonyl (C=O) groups is 1. The van der Waals surface area contributed by atoms with Gasteiger partial charge in [0.25, 0.3) is 5.91 Å². The Morgan fingerprint density at radius 3 is 2.64 bits per heavy atom. The number of halogens is 1. The fourth-order valence-corrected chi connectivity index (χ4v) is 2.88. The van der Waals surface area contributed by atoms with Gasteiger partial charge in [0.15, 0.2) is 5.82 Å². The van der Waals surface area contributed by atoms with Gasteiger partial charge < -0.3 is 5.32 Å². The first-order chi connectivity index (χ1) is 13.4. The van der Waals surface area contributed by atoms with Crippen LogP contribution >= 0.6 is 0 Å². The third-order valence-corrected chi connectivity index (χ3v) is 4.39. The number of hydrogen-bond donors (Lipinski definition) is 1. The summed E-state index contributed by atoms with van der Waals surface area (Å²) < 4.78 is 15.6. The second-order valence-electron chi connectivity index (χ2n) is 6.38. The standard InChI is InChI=1S/C19H16FN7O/c1-10-11(2)22-17-15(8-13(20)9-16(17)21-10)19(28)23-14-6-4-5-12(7-14)18-24-25-26-27(18)3/h4-9H,1-3H3,(H,23,28). The van der Waals surface area contributed by atoms with Gasteiger partial charge in [-0.1, -0.05) is 12.1 Å². The fourth-order valence-electron chi connectivity index (χ4n) is 2.88. The van der Waals surface area contributed by atoms with E-state index in [-0.39, 0.29) is 5.56 Å². The van der Waals surface area contributed by atoms with Crippen molar-refractivity contribution >= 4 is 22.6 Å². The van der Waals surface area contributed by atoms with Crippen LogP contribution in [0.1, 0.15) is 21.7 Å². The van der Waals surface area contributed by atoms with Gasteiger partial charge >= 0.3 is 0 Å². The molecule has 0 fully saturated rings. The minimum atomic E-state index is -0.547. The van der Waals surface area contributed by atoms with Crippen molar-refractivity contribution in [1.82, 2.24) is 30.2 Å². The van der Waals surface area contributed by atoms with E-state index in [0.717, 1.165) is 11.6 Å². The lowest BCUT2D eigenvalue weighted by Gasteiger charge is -2.10. The molecule has 140 valence electrons. The Kier molecular flexibility index (Phi) is 4.26. The lowest BCUT2D eigenvalue weighted by Crippen LogP contribution is -2.14. The average molecular weight is 377 g/mol. The van der Waals surface area contributed by atoms with E-state index in [9.17, 15) is 9.18 Å². The highest BCUT2D eigenvalue weighted by atomic mass is 19.1. The Hall–Kier alpha value is -3.75. The fraction of sp³-hybridized carbons (Fsp3) is 0.158. The van der Waals surface area contributed by atoms with Crippen LogP contribution in [-0.2, 0) is 7.05 Å². The molecule has 2 heterocycles. The number of fused-ring (bicyclic) bond motifs is 1. The molecular formula is C19H16FN7O. The maximum atomic E-state index is 14.1. The Morgan fingerprint density at radius 1 is 1.11 bits per heavy atom. The number of hydrogen-bond acceptors (Lipinski definition) is 6. The van der Waals surface area contributed by atoms with Gasteiger partial charge in [-0.25, -0.2) is 19.0 Å². The Labute approximate surface area is 159 Å². The van der Waals surface area contributed by atoms with Crippen LogP contribution in [0.4, 0.5) is 10.1 Å². The summed E-state index contributed by atoms with van der Waals surface area (Å²) in [6, 6.07) is 9.51. The largest absolute Gasteiger partial charge is 0.322 e. The number of tetrazole rings is 1. The molecule has 8 nitrogen and oxygen atoms in total. The van der Waals surface area contributed by atoms with Crippen molar-refractivity contribution in [3.05, 3.63) is 59.2 Å². The molecule has 4 aromatic rings. The zero-order chi connectivity index (χ0) is 19.8. The maximum Gasteiger partial charge on any atom is 0.258 e. The molecule has 0 unspecified atom stereocenters. The molecule has 0 spiro atoms. The van der Waals surface area contributed by atoms with E-state index >= 15 is 0 Å². The molecule has 1 amide bonds. The van der Waals surface area contributed by atoms with Gasteiger partial charge in [-0.15, -0.1) is 5.10 Å². The van der Waals surface area contributed by atoms with Crippen molar-refractivity contribution in [2.75, 3.05) is 5.32 Å². The number of amides is 1. The Balaban J connectivity index is 1.72. The number of nitrogens with one attached hydrogen (secondary N) is 1. The zero-order valence-electron chi connectivity index (χ0n) is 15.4. The van der Waals surface area contributed by atoms with Crippen LogP contribution < -0.4 is 5.32 Å². The quantitative estimate of drug-likeness (QED) is 0.589. The second-order valence-corrected chi connectivity index (χ2v) is 6.38. The van der Waals surface area contributed by atoms with Crippen molar-refractivity contribution in [3.63, 3.8) is 0 Å². The van der Waals surface area contributed by atoms with E-state index in [1.54, 1.807) is 39.1 Å². The highest BCUT2D eigenvalue weighted by molar-refractivity contribution is 6.11. The van der Waals surface area contributed by atoms with Crippen LogP contribution in [0.3, 0.4) is 0 Å². The number of anilines is 1. The molecule has 0 aliphatic rings. The van der Waals surface area contributed by atoms with E-state index in [1.165, 1.54) is 10.7 Å². The molecule has 0 radical (unpaired) electrons. The van der Waals surface area contributed by atoms with Crippen LogP contribution in [0.2, 0.25) is 0 Å². The molecule has 0 bridgehead atoms. The number of aromatic nitrogens is 6. The summed E-state index contributed by atoms with van der Waals surface area (Å²) in [4.78, 5) is 21.6. The zero-order valence-corrected chi connectivity index (χ0v) is 15.4. The molecule has 0 saturated heterocycles. The first-order valence-electron chi connectivity index (χ1n) is 8.51. The predicted molar refractivity (Wildman–Crippen MR) is 101 cm³/mol. The van der Waals surface area contributed by atoms with E-state index < -0.39 is 11.7 Å². The van der Waals surface area contributed by atoms with Crippen LogP contribution in [-0.4, -0.2) is 36.1 Å². The van der Waals surface area contributed by atoms with E-state index in [0.29, 0.717) is 33.9 Å². The number of benzene rings is 2. The molecule has 4 rings (SSSR count). The molecule has 0 aliphatic heterocycles. The number of aryl methyl sites for hydroxylation is 3. The molecule has 0 atom stereocenters. The van der Waals surface area contributed by atoms with Crippen molar-refractivity contribution in [2.45, 2.75) is 13.8 Å². The number of nitrogens with zero attached hydrogens (tertiary/aromatic N) is 6. The molecule has 0 saturated carbocycles. The van der Waals surface area contributed by atoms with Crippen LogP contribution in [0, 0.1) is 19.7 Å². The van der Waals surface area contributed by atoms with E-state index in [2.05, 4.69) is 30.8 Å². The highest BCUT2D eigenvalue weighted by Gasteiger charge is 2.16. The van der Waals surface area contributed by atoms with Crippen molar-refractivity contribution in [1.29, 1.82) is 0 Å². The van der Waals surface area contributed by atoms with E-state index in [1.807, 2.05) is 6.07 Å². The molecular weight excluding hydrogens is 361 g/mol. The molecule has 2 aromatic heterocycles. The smallest absolute Gasteiger partial charge is 0.258 e. The van der Waals surface area contributed by atoms with E-state index in [4.69, 9.17) is 0 Å². The van der Waals surface area contributed by atoms with Crippen molar-refractivity contribution in [3.8, 4) is 11.4 Å². The monoisotopic (exact) mass is 377 g/mol. The van der Waals surface area contributed by atoms with Crippen molar-refractivity contribution in [2.24, 2.45) is 7.05 Å². The lowest BCUT2D eigenvalue weighted by atomic mass is 10.1. The highest BCUT2D eigenvalue weighted by Crippen LogP contribution is 2.23. The predicted octanol–water partition coefficient (Wildman–Crippen LogP) is 2.83. The SMILES string of the molecule is Cc1nc2cc(F)cc(C(=O)Nc3cccc(-c4nnnn4C)c3)c2nc1C. The summed E-state index contributed by atoms with van der Waals surface area (Å²) in [5.41, 5.74) is 3.46. The number of rotatable bonds is 3. The number of carbonyl (C=O) groups excluding carboxylic acids is 1. The molecule has 28 heavy (non-hydrogen) atoms. The third kappa shape index (κ3) is 3.18. The summed E-state index contributed by atoms with van der Waals surface area (Å²) >= 11 is 0. The first kappa shape index (κ1) is 17.7. The summed E-state index contributed by atoms with van der Waals surface area (Å²) in [5, 5.41) is 14.2. The van der Waals surface area contributed by atoms with Gasteiger partial charge in [0.2, 0.25) is 0 Å². The van der Waals surface area contributed by atoms with Crippen LogP contribution in [0.25, 0.3) is 22.4 Å². The average Bonchev–Trinajstić information content (AvgIpc) is 3.08. The Bertz CT molecular complexity index is 1220. The normalized spacial score (nSPS) is 11.0. The second kappa shape index (κ2) is 6.76. The summed E-state index contributed by atoms with van der Waals surface area (Å²) in [6.07, 6.45) is 0. The van der Waals surface area contributed by atoms with Gasteiger partial charge in [-0.3, -0.25) is 4.79 Å². The van der Waals surface area contributed by atoms with Gasteiger partial charge in [0.1, 0.15) is 11.3 Å². The summed E-state index contributed by atoms with van der Waals surface area (Å²) in [6.45, 7) is 3.59. The van der Waals surface area contributed by atoms with Gasteiger partial charge in [0, 0.05) is 24.4 Å². The summed E-state index contributed by atoms with van der Waals surface area (Å²) in [7, 11) is 1.72. The topological polar surface area (TPSA) is 98.5 Å². The molecule has 0 aliphatic carbocycles. The Morgan fingerprint density at radius 2 is 1.89 bits per heavy atom.